The fourth-order valence-electron chi connectivity index (χ4n) is 3.38. The standard InChI is InChI=1S/C19H29BrN4O/c1-19(2,24-8-10-25-11-9-24)13-22-18(21-3)23-17-12-16(17)14-4-6-15(20)7-5-14/h4-7,16-17H,8-13H2,1-3H3,(H2,21,22,23). The number of guanidine groups is 1. The van der Waals surface area contributed by atoms with Gasteiger partial charge >= 0.3 is 0 Å². The zero-order valence-corrected chi connectivity index (χ0v) is 17.0. The summed E-state index contributed by atoms with van der Waals surface area (Å²) in [5, 5.41) is 7.07. The third-order valence-electron chi connectivity index (χ3n) is 5.19. The Bertz CT molecular complexity index is 596. The summed E-state index contributed by atoms with van der Waals surface area (Å²) in [6, 6.07) is 9.10. The lowest BCUT2D eigenvalue weighted by molar-refractivity contribution is -0.00834. The zero-order valence-electron chi connectivity index (χ0n) is 15.4. The van der Waals surface area contributed by atoms with Crippen LogP contribution in [0.1, 0.15) is 31.7 Å². The van der Waals surface area contributed by atoms with Gasteiger partial charge in [-0.1, -0.05) is 28.1 Å². The second kappa shape index (κ2) is 8.06. The maximum Gasteiger partial charge on any atom is 0.191 e. The van der Waals surface area contributed by atoms with Gasteiger partial charge < -0.3 is 15.4 Å². The fourth-order valence-corrected chi connectivity index (χ4v) is 3.65. The van der Waals surface area contributed by atoms with Gasteiger partial charge in [0, 0.05) is 48.7 Å². The molecular formula is C19H29BrN4O. The van der Waals surface area contributed by atoms with E-state index >= 15 is 0 Å². The van der Waals surface area contributed by atoms with Crippen LogP contribution in [0.2, 0.25) is 0 Å². The van der Waals surface area contributed by atoms with Crippen molar-refractivity contribution >= 4 is 21.9 Å². The van der Waals surface area contributed by atoms with Gasteiger partial charge in [0.05, 0.1) is 13.2 Å². The third kappa shape index (κ3) is 4.96. The van der Waals surface area contributed by atoms with E-state index in [2.05, 4.69) is 74.6 Å². The summed E-state index contributed by atoms with van der Waals surface area (Å²) in [5.41, 5.74) is 1.47. The molecule has 2 N–H and O–H groups in total. The molecule has 1 saturated carbocycles. The number of nitrogens with one attached hydrogen (secondary N) is 2. The van der Waals surface area contributed by atoms with Crippen molar-refractivity contribution in [3.05, 3.63) is 34.3 Å². The van der Waals surface area contributed by atoms with Crippen LogP contribution in [0.3, 0.4) is 0 Å². The highest BCUT2D eigenvalue weighted by Crippen LogP contribution is 2.40. The Balaban J connectivity index is 1.48. The number of hydrogen-bond donors (Lipinski definition) is 2. The van der Waals surface area contributed by atoms with E-state index in [0.29, 0.717) is 12.0 Å². The van der Waals surface area contributed by atoms with Crippen LogP contribution in [0.5, 0.6) is 0 Å². The van der Waals surface area contributed by atoms with Crippen LogP contribution in [0.15, 0.2) is 33.7 Å². The number of nitrogens with zero attached hydrogens (tertiary/aromatic N) is 2. The van der Waals surface area contributed by atoms with E-state index in [-0.39, 0.29) is 5.54 Å². The minimum atomic E-state index is 0.0794. The average Bonchev–Trinajstić information content (AvgIpc) is 3.39. The summed E-state index contributed by atoms with van der Waals surface area (Å²) < 4.78 is 6.59. The number of benzene rings is 1. The van der Waals surface area contributed by atoms with Crippen molar-refractivity contribution in [2.24, 2.45) is 4.99 Å². The Hall–Kier alpha value is -1.11. The summed E-state index contributed by atoms with van der Waals surface area (Å²) >= 11 is 3.50. The maximum atomic E-state index is 5.46. The smallest absolute Gasteiger partial charge is 0.191 e. The molecule has 1 saturated heterocycles. The van der Waals surface area contributed by atoms with Crippen molar-refractivity contribution in [2.45, 2.75) is 37.8 Å². The first-order valence-electron chi connectivity index (χ1n) is 9.05. The van der Waals surface area contributed by atoms with Gasteiger partial charge in [-0.3, -0.25) is 9.89 Å². The normalized spacial score (nSPS) is 24.9. The zero-order chi connectivity index (χ0) is 17.9. The number of hydrogen-bond acceptors (Lipinski definition) is 3. The molecule has 0 bridgehead atoms. The number of morpholine rings is 1. The van der Waals surface area contributed by atoms with Crippen molar-refractivity contribution in [3.63, 3.8) is 0 Å². The van der Waals surface area contributed by atoms with Crippen molar-refractivity contribution < 1.29 is 4.74 Å². The molecule has 1 aromatic carbocycles. The van der Waals surface area contributed by atoms with Gasteiger partial charge in [-0.2, -0.15) is 0 Å². The Morgan fingerprint density at radius 2 is 1.96 bits per heavy atom. The first kappa shape index (κ1) is 18.7. The van der Waals surface area contributed by atoms with Crippen LogP contribution in [0, 0.1) is 0 Å². The van der Waals surface area contributed by atoms with Crippen molar-refractivity contribution in [1.29, 1.82) is 0 Å². The van der Waals surface area contributed by atoms with Gasteiger partial charge in [-0.05, 0) is 38.0 Å². The minimum Gasteiger partial charge on any atom is -0.379 e. The lowest BCUT2D eigenvalue weighted by Crippen LogP contribution is -2.56. The first-order chi connectivity index (χ1) is 12.0. The van der Waals surface area contributed by atoms with Gasteiger partial charge in [-0.25, -0.2) is 0 Å². The minimum absolute atomic E-state index is 0.0794. The second-order valence-electron chi connectivity index (χ2n) is 7.48. The molecule has 1 aliphatic carbocycles. The van der Waals surface area contributed by atoms with Crippen LogP contribution in [-0.4, -0.2) is 62.3 Å². The molecule has 25 heavy (non-hydrogen) atoms. The Morgan fingerprint density at radius 1 is 1.28 bits per heavy atom. The average molecular weight is 409 g/mol. The van der Waals surface area contributed by atoms with Crippen molar-refractivity contribution in [2.75, 3.05) is 39.9 Å². The molecule has 2 aliphatic rings. The highest BCUT2D eigenvalue weighted by atomic mass is 79.9. The molecule has 6 heteroatoms. The van der Waals surface area contributed by atoms with Crippen LogP contribution >= 0.6 is 15.9 Å². The molecule has 3 rings (SSSR count). The summed E-state index contributed by atoms with van der Waals surface area (Å²) in [6.45, 7) is 9.06. The molecule has 0 spiro atoms. The Labute approximate surface area is 159 Å². The number of aliphatic imine (C=N–C) groups is 1. The van der Waals surface area contributed by atoms with Gasteiger partial charge in [0.1, 0.15) is 0 Å². The molecule has 1 aromatic rings. The van der Waals surface area contributed by atoms with Crippen LogP contribution in [-0.2, 0) is 4.74 Å². The van der Waals surface area contributed by atoms with E-state index in [1.165, 1.54) is 5.56 Å². The molecule has 1 aliphatic heterocycles. The highest BCUT2D eigenvalue weighted by Gasteiger charge is 2.39. The van der Waals surface area contributed by atoms with Crippen LogP contribution in [0.25, 0.3) is 0 Å². The molecule has 138 valence electrons. The van der Waals surface area contributed by atoms with E-state index in [1.807, 2.05) is 7.05 Å². The Kier molecular flexibility index (Phi) is 6.02. The lowest BCUT2D eigenvalue weighted by Gasteiger charge is -2.41. The number of halogens is 1. The molecule has 2 atom stereocenters. The van der Waals surface area contributed by atoms with E-state index < -0.39 is 0 Å². The van der Waals surface area contributed by atoms with Crippen molar-refractivity contribution in [3.8, 4) is 0 Å². The summed E-state index contributed by atoms with van der Waals surface area (Å²) in [4.78, 5) is 6.89. The highest BCUT2D eigenvalue weighted by molar-refractivity contribution is 9.10. The number of ether oxygens (including phenoxy) is 1. The largest absolute Gasteiger partial charge is 0.379 e. The maximum absolute atomic E-state index is 5.46. The molecule has 1 heterocycles. The van der Waals surface area contributed by atoms with Gasteiger partial charge in [0.25, 0.3) is 0 Å². The van der Waals surface area contributed by atoms with Crippen LogP contribution < -0.4 is 10.6 Å². The van der Waals surface area contributed by atoms with Gasteiger partial charge in [0.15, 0.2) is 5.96 Å². The quantitative estimate of drug-likeness (QED) is 0.580. The van der Waals surface area contributed by atoms with Crippen LogP contribution in [0.4, 0.5) is 0 Å². The SMILES string of the molecule is CN=C(NCC(C)(C)N1CCOCC1)NC1CC1c1ccc(Br)cc1. The fraction of sp³-hybridized carbons (Fsp3) is 0.632. The first-order valence-corrected chi connectivity index (χ1v) is 9.84. The summed E-state index contributed by atoms with van der Waals surface area (Å²) in [5.74, 6) is 1.48. The van der Waals surface area contributed by atoms with Crippen molar-refractivity contribution in [1.82, 2.24) is 15.5 Å². The van der Waals surface area contributed by atoms with E-state index in [4.69, 9.17) is 4.74 Å². The summed E-state index contributed by atoms with van der Waals surface area (Å²) in [6.07, 6.45) is 1.16. The van der Waals surface area contributed by atoms with Gasteiger partial charge in [-0.15, -0.1) is 0 Å². The third-order valence-corrected chi connectivity index (χ3v) is 5.72. The predicted octanol–water partition coefficient (Wildman–Crippen LogP) is 2.58. The molecule has 2 unspecified atom stereocenters. The van der Waals surface area contributed by atoms with E-state index in [1.54, 1.807) is 0 Å². The Morgan fingerprint density at radius 3 is 2.60 bits per heavy atom. The lowest BCUT2D eigenvalue weighted by atomic mass is 10.0. The summed E-state index contributed by atoms with van der Waals surface area (Å²) in [7, 11) is 1.84. The topological polar surface area (TPSA) is 48.9 Å². The molecular weight excluding hydrogens is 380 g/mol. The van der Waals surface area contributed by atoms with Gasteiger partial charge in [0.2, 0.25) is 0 Å². The second-order valence-corrected chi connectivity index (χ2v) is 8.40. The molecule has 0 radical (unpaired) electrons. The van der Waals surface area contributed by atoms with E-state index in [9.17, 15) is 0 Å². The number of rotatable bonds is 5. The molecule has 0 aromatic heterocycles. The molecule has 2 fully saturated rings. The molecule has 5 nitrogen and oxygen atoms in total. The molecule has 0 amide bonds. The monoisotopic (exact) mass is 408 g/mol. The predicted molar refractivity (Wildman–Crippen MR) is 106 cm³/mol. The van der Waals surface area contributed by atoms with E-state index in [0.717, 1.165) is 49.7 Å².